The molecule has 0 aliphatic heterocycles. The number of anilines is 2. The maximum Gasteiger partial charge on any atom is 0.322 e. The molecule has 3 aromatic carbocycles. The van der Waals surface area contributed by atoms with Crippen molar-refractivity contribution in [2.75, 3.05) is 23.4 Å². The van der Waals surface area contributed by atoms with Gasteiger partial charge in [0.15, 0.2) is 9.84 Å². The molecule has 0 saturated heterocycles. The molecule has 39 heavy (non-hydrogen) atoms. The normalized spacial score (nSPS) is 11.1. The van der Waals surface area contributed by atoms with E-state index in [1.807, 2.05) is 0 Å². The van der Waals surface area contributed by atoms with Gasteiger partial charge in [-0.1, -0.05) is 41.9 Å². The van der Waals surface area contributed by atoms with Crippen LogP contribution in [0, 0.1) is 5.82 Å². The second-order valence-electron chi connectivity index (χ2n) is 8.67. The Balaban J connectivity index is 1.51. The van der Waals surface area contributed by atoms with Crippen LogP contribution in [0.1, 0.15) is 5.56 Å². The standard InChI is InChI=1S/C28H24ClFN4O4S/c1-39(37,38)26-7-3-2-6-23(26)20-8-13-25(24(30)15-20)33-27(35)18-34(17-19-5-4-14-31-16-19)28(36)32-22-11-9-21(29)10-12-22/h2-16H,17-18H2,1H3,(H,32,36)(H,33,35). The van der Waals surface area contributed by atoms with Crippen molar-refractivity contribution >= 4 is 44.8 Å². The lowest BCUT2D eigenvalue weighted by molar-refractivity contribution is -0.116. The van der Waals surface area contributed by atoms with Crippen LogP contribution >= 0.6 is 11.6 Å². The van der Waals surface area contributed by atoms with Crippen molar-refractivity contribution in [2.45, 2.75) is 11.4 Å². The lowest BCUT2D eigenvalue weighted by atomic mass is 10.0. The fraction of sp³-hybridized carbons (Fsp3) is 0.107. The molecule has 0 fully saturated rings. The summed E-state index contributed by atoms with van der Waals surface area (Å²) in [5.74, 6) is -1.39. The number of hydrogen-bond acceptors (Lipinski definition) is 5. The van der Waals surface area contributed by atoms with Gasteiger partial charge in [0.05, 0.1) is 10.6 Å². The van der Waals surface area contributed by atoms with E-state index in [0.717, 1.165) is 12.3 Å². The number of urea groups is 1. The van der Waals surface area contributed by atoms with Gasteiger partial charge >= 0.3 is 6.03 Å². The molecule has 0 saturated carbocycles. The van der Waals surface area contributed by atoms with Crippen molar-refractivity contribution in [1.82, 2.24) is 9.88 Å². The molecule has 2 N–H and O–H groups in total. The first-order chi connectivity index (χ1) is 18.6. The lowest BCUT2D eigenvalue weighted by Crippen LogP contribution is -2.40. The molecule has 3 amide bonds. The third-order valence-corrected chi connectivity index (χ3v) is 7.06. The summed E-state index contributed by atoms with van der Waals surface area (Å²) in [4.78, 5) is 31.3. The van der Waals surface area contributed by atoms with Crippen LogP contribution in [0.3, 0.4) is 0 Å². The number of nitrogens with zero attached hydrogens (tertiary/aromatic N) is 2. The van der Waals surface area contributed by atoms with E-state index in [9.17, 15) is 18.0 Å². The van der Waals surface area contributed by atoms with Crippen molar-refractivity contribution < 1.29 is 22.4 Å². The van der Waals surface area contributed by atoms with Gasteiger partial charge in [-0.25, -0.2) is 17.6 Å². The molecule has 0 aliphatic carbocycles. The van der Waals surface area contributed by atoms with Gasteiger partial charge in [-0.3, -0.25) is 9.78 Å². The molecular formula is C28H24ClFN4O4S. The van der Waals surface area contributed by atoms with Crippen LogP contribution in [0.5, 0.6) is 0 Å². The summed E-state index contributed by atoms with van der Waals surface area (Å²) < 4.78 is 39.3. The zero-order chi connectivity index (χ0) is 28.0. The summed E-state index contributed by atoms with van der Waals surface area (Å²) in [6.45, 7) is -0.309. The van der Waals surface area contributed by atoms with E-state index < -0.39 is 27.6 Å². The first-order valence-corrected chi connectivity index (χ1v) is 14.0. The van der Waals surface area contributed by atoms with Crippen molar-refractivity contribution in [3.63, 3.8) is 0 Å². The Morgan fingerprint density at radius 2 is 1.72 bits per heavy atom. The molecule has 0 unspecified atom stereocenters. The van der Waals surface area contributed by atoms with Crippen LogP contribution in [0.4, 0.5) is 20.6 Å². The fourth-order valence-electron chi connectivity index (χ4n) is 3.82. The second kappa shape index (κ2) is 12.1. The molecule has 1 aromatic heterocycles. The van der Waals surface area contributed by atoms with Crippen LogP contribution in [0.2, 0.25) is 5.02 Å². The molecule has 0 aliphatic rings. The lowest BCUT2D eigenvalue weighted by Gasteiger charge is -2.23. The molecule has 1 heterocycles. The molecule has 0 spiro atoms. The van der Waals surface area contributed by atoms with E-state index in [1.54, 1.807) is 67.0 Å². The highest BCUT2D eigenvalue weighted by atomic mass is 35.5. The van der Waals surface area contributed by atoms with Crippen molar-refractivity contribution in [3.05, 3.63) is 108 Å². The van der Waals surface area contributed by atoms with Gasteiger partial charge in [0, 0.05) is 41.5 Å². The van der Waals surface area contributed by atoms with Crippen LogP contribution in [0.25, 0.3) is 11.1 Å². The second-order valence-corrected chi connectivity index (χ2v) is 11.1. The highest BCUT2D eigenvalue weighted by Gasteiger charge is 2.20. The molecule has 0 atom stereocenters. The van der Waals surface area contributed by atoms with Crippen LogP contribution < -0.4 is 10.6 Å². The van der Waals surface area contributed by atoms with Crippen LogP contribution in [-0.2, 0) is 21.2 Å². The number of halogens is 2. The van der Waals surface area contributed by atoms with E-state index in [2.05, 4.69) is 15.6 Å². The third kappa shape index (κ3) is 7.40. The number of pyridine rings is 1. The molecule has 11 heteroatoms. The molecule has 0 bridgehead atoms. The molecular weight excluding hydrogens is 543 g/mol. The van der Waals surface area contributed by atoms with E-state index in [0.29, 0.717) is 27.4 Å². The van der Waals surface area contributed by atoms with Crippen molar-refractivity contribution in [2.24, 2.45) is 0 Å². The predicted octanol–water partition coefficient (Wildman–Crippen LogP) is 5.62. The zero-order valence-electron chi connectivity index (χ0n) is 20.8. The van der Waals surface area contributed by atoms with Gasteiger partial charge < -0.3 is 15.5 Å². The maximum absolute atomic E-state index is 15.0. The first kappa shape index (κ1) is 27.7. The van der Waals surface area contributed by atoms with Crippen molar-refractivity contribution in [1.29, 1.82) is 0 Å². The zero-order valence-corrected chi connectivity index (χ0v) is 22.3. The minimum atomic E-state index is -3.54. The van der Waals surface area contributed by atoms with E-state index in [1.165, 1.54) is 23.1 Å². The van der Waals surface area contributed by atoms with E-state index in [-0.39, 0.29) is 23.7 Å². The Morgan fingerprint density at radius 1 is 0.974 bits per heavy atom. The number of carbonyl (C=O) groups excluding carboxylic acids is 2. The number of benzene rings is 3. The topological polar surface area (TPSA) is 108 Å². The number of amides is 3. The van der Waals surface area contributed by atoms with Crippen molar-refractivity contribution in [3.8, 4) is 11.1 Å². The highest BCUT2D eigenvalue weighted by Crippen LogP contribution is 2.30. The van der Waals surface area contributed by atoms with Crippen LogP contribution in [-0.4, -0.2) is 43.0 Å². The first-order valence-electron chi connectivity index (χ1n) is 11.7. The summed E-state index contributed by atoms with van der Waals surface area (Å²) in [6, 6.07) is 19.7. The Morgan fingerprint density at radius 3 is 2.38 bits per heavy atom. The Labute approximate surface area is 230 Å². The number of sulfone groups is 1. The Bertz CT molecular complexity index is 1600. The maximum atomic E-state index is 15.0. The van der Waals surface area contributed by atoms with Gasteiger partial charge in [0.1, 0.15) is 12.4 Å². The average molecular weight is 567 g/mol. The smallest absolute Gasteiger partial charge is 0.322 e. The average Bonchev–Trinajstić information content (AvgIpc) is 2.91. The number of aromatic nitrogens is 1. The minimum absolute atomic E-state index is 0.0685. The minimum Gasteiger partial charge on any atom is -0.322 e. The SMILES string of the molecule is CS(=O)(=O)c1ccccc1-c1ccc(NC(=O)CN(Cc2cccnc2)C(=O)Nc2ccc(Cl)cc2)c(F)c1. The summed E-state index contributed by atoms with van der Waals surface area (Å²) in [6.07, 6.45) is 4.25. The van der Waals surface area contributed by atoms with E-state index >= 15 is 4.39 Å². The quantitative estimate of drug-likeness (QED) is 0.288. The van der Waals surface area contributed by atoms with Gasteiger partial charge in [-0.15, -0.1) is 0 Å². The monoisotopic (exact) mass is 566 g/mol. The largest absolute Gasteiger partial charge is 0.322 e. The number of nitrogens with one attached hydrogen (secondary N) is 2. The summed E-state index contributed by atoms with van der Waals surface area (Å²) in [5, 5.41) is 5.71. The molecule has 8 nitrogen and oxygen atoms in total. The van der Waals surface area contributed by atoms with E-state index in [4.69, 9.17) is 11.6 Å². The number of carbonyl (C=O) groups is 2. The summed E-state index contributed by atoms with van der Waals surface area (Å²) >= 11 is 5.91. The van der Waals surface area contributed by atoms with Gasteiger partial charge in [-0.05, 0) is 59.7 Å². The molecule has 4 aromatic rings. The molecule has 4 rings (SSSR count). The number of rotatable bonds is 8. The molecule has 0 radical (unpaired) electrons. The Kier molecular flexibility index (Phi) is 8.58. The van der Waals surface area contributed by atoms with Gasteiger partial charge in [-0.2, -0.15) is 0 Å². The Hall–Kier alpha value is -4.28. The summed E-state index contributed by atoms with van der Waals surface area (Å²) in [7, 11) is -3.54. The highest BCUT2D eigenvalue weighted by molar-refractivity contribution is 7.90. The predicted molar refractivity (Wildman–Crippen MR) is 149 cm³/mol. The number of hydrogen-bond donors (Lipinski definition) is 2. The molecule has 200 valence electrons. The summed E-state index contributed by atoms with van der Waals surface area (Å²) in [5.41, 5.74) is 1.75. The van der Waals surface area contributed by atoms with Crippen LogP contribution in [0.15, 0.2) is 96.2 Å². The third-order valence-electron chi connectivity index (χ3n) is 5.65. The van der Waals surface area contributed by atoms with Gasteiger partial charge in [0.2, 0.25) is 5.91 Å². The fourth-order valence-corrected chi connectivity index (χ4v) is 4.86. The van der Waals surface area contributed by atoms with Gasteiger partial charge in [0.25, 0.3) is 0 Å².